The zero-order valence-corrected chi connectivity index (χ0v) is 13.7. The van der Waals surface area contributed by atoms with Gasteiger partial charge in [0.2, 0.25) is 0 Å². The number of carbonyl (C=O) groups is 1. The van der Waals surface area contributed by atoms with E-state index >= 15 is 0 Å². The highest BCUT2D eigenvalue weighted by Crippen LogP contribution is 2.30. The molecule has 25 heavy (non-hydrogen) atoms. The minimum absolute atomic E-state index is 0.0487. The number of esters is 1. The predicted molar refractivity (Wildman–Crippen MR) is 79.1 cm³/mol. The Hall–Kier alpha value is -1.77. The average molecular weight is 371 g/mol. The highest BCUT2D eigenvalue weighted by molar-refractivity contribution is 5.89. The summed E-state index contributed by atoms with van der Waals surface area (Å²) in [5.74, 6) is -1.44. The highest BCUT2D eigenvalue weighted by atomic mass is 19.4. The second-order valence-electron chi connectivity index (χ2n) is 5.33. The van der Waals surface area contributed by atoms with E-state index in [0.717, 1.165) is 18.2 Å². The largest absolute Gasteiger partial charge is 0.449 e. The molecule has 0 amide bonds. The van der Waals surface area contributed by atoms with Crippen molar-refractivity contribution in [1.29, 1.82) is 0 Å². The molecule has 0 radical (unpaired) electrons. The highest BCUT2D eigenvalue weighted by Gasteiger charge is 2.43. The first kappa shape index (κ1) is 21.3. The molecule has 142 valence electrons. The first-order valence-corrected chi connectivity index (χ1v) is 7.66. The second kappa shape index (κ2) is 8.55. The molecule has 1 rings (SSSR count). The van der Waals surface area contributed by atoms with Crippen LogP contribution in [-0.2, 0) is 10.9 Å². The van der Waals surface area contributed by atoms with Crippen molar-refractivity contribution in [3.05, 3.63) is 35.4 Å². The molecular weight excluding hydrogens is 352 g/mol. The number of alkyl halides is 6. The molecule has 0 fully saturated rings. The first-order chi connectivity index (χ1) is 11.5. The number of halogens is 6. The molecule has 0 aliphatic heterocycles. The minimum Gasteiger partial charge on any atom is -0.449 e. The van der Waals surface area contributed by atoms with Crippen molar-refractivity contribution in [3.8, 4) is 0 Å². The van der Waals surface area contributed by atoms with Crippen LogP contribution in [0.3, 0.4) is 0 Å². The summed E-state index contributed by atoms with van der Waals surface area (Å²) in [5.41, 5.74) is -1.71. The van der Waals surface area contributed by atoms with Crippen LogP contribution >= 0.6 is 0 Å². The van der Waals surface area contributed by atoms with Gasteiger partial charge in [0.25, 0.3) is 0 Å². The number of hydrogen-bond acceptors (Lipinski definition) is 3. The van der Waals surface area contributed by atoms with Gasteiger partial charge in [-0.15, -0.1) is 0 Å². The van der Waals surface area contributed by atoms with Gasteiger partial charge in [0, 0.05) is 13.0 Å². The van der Waals surface area contributed by atoms with Crippen molar-refractivity contribution in [1.82, 2.24) is 4.90 Å². The maximum absolute atomic E-state index is 13.0. The Morgan fingerprint density at radius 3 is 2.20 bits per heavy atom. The van der Waals surface area contributed by atoms with Crippen LogP contribution < -0.4 is 0 Å². The van der Waals surface area contributed by atoms with Gasteiger partial charge in [-0.3, -0.25) is 0 Å². The van der Waals surface area contributed by atoms with Gasteiger partial charge in [-0.1, -0.05) is 19.9 Å². The van der Waals surface area contributed by atoms with Crippen molar-refractivity contribution in [2.75, 3.05) is 19.6 Å². The fourth-order valence-corrected chi connectivity index (χ4v) is 2.15. The van der Waals surface area contributed by atoms with E-state index in [1.165, 1.54) is 0 Å². The Morgan fingerprint density at radius 2 is 1.72 bits per heavy atom. The van der Waals surface area contributed by atoms with Gasteiger partial charge in [-0.05, 0) is 31.3 Å². The minimum atomic E-state index is -4.80. The Kier molecular flexibility index (Phi) is 7.28. The Bertz CT molecular complexity index is 566. The average Bonchev–Trinajstić information content (AvgIpc) is 2.52. The van der Waals surface area contributed by atoms with Crippen LogP contribution in [0.4, 0.5) is 26.3 Å². The van der Waals surface area contributed by atoms with E-state index in [1.54, 1.807) is 18.7 Å². The third-order valence-corrected chi connectivity index (χ3v) is 3.64. The van der Waals surface area contributed by atoms with Gasteiger partial charge in [0.15, 0.2) is 6.10 Å². The van der Waals surface area contributed by atoms with E-state index in [2.05, 4.69) is 4.74 Å². The molecular formula is C16H19F6NO2. The molecule has 9 heteroatoms. The van der Waals surface area contributed by atoms with Gasteiger partial charge in [0.1, 0.15) is 0 Å². The molecule has 1 unspecified atom stereocenters. The number of nitrogens with zero attached hydrogens (tertiary/aromatic N) is 1. The maximum Gasteiger partial charge on any atom is 0.425 e. The number of ether oxygens (including phenoxy) is 1. The number of hydrogen-bond donors (Lipinski definition) is 0. The van der Waals surface area contributed by atoms with Gasteiger partial charge in [0.05, 0.1) is 11.1 Å². The van der Waals surface area contributed by atoms with E-state index in [4.69, 9.17) is 0 Å². The molecule has 0 bridgehead atoms. The lowest BCUT2D eigenvalue weighted by molar-refractivity contribution is -0.206. The number of rotatable bonds is 7. The van der Waals surface area contributed by atoms with Crippen LogP contribution in [0.15, 0.2) is 24.3 Å². The topological polar surface area (TPSA) is 29.5 Å². The van der Waals surface area contributed by atoms with Crippen LogP contribution in [0.25, 0.3) is 0 Å². The van der Waals surface area contributed by atoms with E-state index in [1.807, 2.05) is 0 Å². The molecule has 0 spiro atoms. The summed E-state index contributed by atoms with van der Waals surface area (Å²) in [7, 11) is 0. The molecule has 0 saturated heterocycles. The molecule has 0 aromatic heterocycles. The Balaban J connectivity index is 2.88. The fourth-order valence-electron chi connectivity index (χ4n) is 2.15. The molecule has 0 N–H and O–H groups in total. The molecule has 0 aliphatic rings. The van der Waals surface area contributed by atoms with E-state index in [-0.39, 0.29) is 6.54 Å². The molecule has 0 heterocycles. The van der Waals surface area contributed by atoms with Crippen molar-refractivity contribution >= 4 is 5.97 Å². The van der Waals surface area contributed by atoms with Crippen LogP contribution in [0, 0.1) is 0 Å². The molecule has 0 saturated carbocycles. The SMILES string of the molecule is CCN(CC)CCC(OC(=O)c1cccc(C(F)(F)F)c1)C(F)(F)F. The lowest BCUT2D eigenvalue weighted by atomic mass is 10.1. The summed E-state index contributed by atoms with van der Waals surface area (Å²) in [6, 6.07) is 3.12. The quantitative estimate of drug-likeness (QED) is 0.521. The lowest BCUT2D eigenvalue weighted by Crippen LogP contribution is -2.37. The summed E-state index contributed by atoms with van der Waals surface area (Å²) in [6.07, 6.45) is -12.4. The molecule has 0 aliphatic carbocycles. The Labute approximate surface area is 141 Å². The first-order valence-electron chi connectivity index (χ1n) is 7.66. The van der Waals surface area contributed by atoms with Crippen LogP contribution in [0.5, 0.6) is 0 Å². The normalized spacial score (nSPS) is 13.8. The molecule has 3 nitrogen and oxygen atoms in total. The zero-order valence-electron chi connectivity index (χ0n) is 13.7. The van der Waals surface area contributed by atoms with E-state index in [0.29, 0.717) is 19.2 Å². The molecule has 1 aromatic rings. The molecule has 1 aromatic carbocycles. The smallest absolute Gasteiger partial charge is 0.425 e. The predicted octanol–water partition coefficient (Wildman–Crippen LogP) is 4.53. The summed E-state index contributed by atoms with van der Waals surface area (Å²) < 4.78 is 81.5. The van der Waals surface area contributed by atoms with Gasteiger partial charge >= 0.3 is 18.3 Å². The van der Waals surface area contributed by atoms with Crippen molar-refractivity contribution < 1.29 is 35.9 Å². The van der Waals surface area contributed by atoms with Gasteiger partial charge in [-0.2, -0.15) is 26.3 Å². The van der Waals surface area contributed by atoms with Crippen molar-refractivity contribution in [3.63, 3.8) is 0 Å². The van der Waals surface area contributed by atoms with Crippen molar-refractivity contribution in [2.45, 2.75) is 38.7 Å². The number of benzene rings is 1. The summed E-state index contributed by atoms with van der Waals surface area (Å²) in [5, 5.41) is 0. The third kappa shape index (κ3) is 6.56. The summed E-state index contributed by atoms with van der Waals surface area (Å²) >= 11 is 0. The second-order valence-corrected chi connectivity index (χ2v) is 5.33. The Morgan fingerprint density at radius 1 is 1.12 bits per heavy atom. The third-order valence-electron chi connectivity index (χ3n) is 3.64. The van der Waals surface area contributed by atoms with Gasteiger partial charge < -0.3 is 9.64 Å². The zero-order chi connectivity index (χ0) is 19.3. The molecule has 1 atom stereocenters. The van der Waals surface area contributed by atoms with E-state index < -0.39 is 42.0 Å². The monoisotopic (exact) mass is 371 g/mol. The lowest BCUT2D eigenvalue weighted by Gasteiger charge is -2.24. The summed E-state index contributed by atoms with van der Waals surface area (Å²) in [6.45, 7) is 4.67. The maximum atomic E-state index is 13.0. The summed E-state index contributed by atoms with van der Waals surface area (Å²) in [4.78, 5) is 13.6. The van der Waals surface area contributed by atoms with Crippen LogP contribution in [-0.4, -0.2) is 42.8 Å². The fraction of sp³-hybridized carbons (Fsp3) is 0.562. The van der Waals surface area contributed by atoms with Gasteiger partial charge in [-0.25, -0.2) is 4.79 Å². The van der Waals surface area contributed by atoms with Crippen LogP contribution in [0.1, 0.15) is 36.2 Å². The van der Waals surface area contributed by atoms with E-state index in [9.17, 15) is 31.1 Å². The number of carbonyl (C=O) groups excluding carboxylic acids is 1. The van der Waals surface area contributed by atoms with Crippen molar-refractivity contribution in [2.24, 2.45) is 0 Å². The van der Waals surface area contributed by atoms with Crippen LogP contribution in [0.2, 0.25) is 0 Å². The standard InChI is InChI=1S/C16H19F6NO2/c1-3-23(4-2)9-8-13(16(20,21)22)25-14(24)11-6-5-7-12(10-11)15(17,18)19/h5-7,10,13H,3-4,8-9H2,1-2H3.